The van der Waals surface area contributed by atoms with Crippen LogP contribution in [0.25, 0.3) is 0 Å². The highest BCUT2D eigenvalue weighted by atomic mass is 16.5. The number of rotatable bonds is 4. The smallest absolute Gasteiger partial charge is 0.234 e. The van der Waals surface area contributed by atoms with Crippen molar-refractivity contribution in [2.75, 3.05) is 26.2 Å². The minimum absolute atomic E-state index is 0.104. The number of fused-ring (bicyclic) bond motifs is 1. The summed E-state index contributed by atoms with van der Waals surface area (Å²) in [6, 6.07) is 4.51. The lowest BCUT2D eigenvalue weighted by atomic mass is 10.1. The van der Waals surface area contributed by atoms with E-state index in [-0.39, 0.29) is 12.0 Å². The Morgan fingerprint density at radius 2 is 2.40 bits per heavy atom. The highest BCUT2D eigenvalue weighted by Crippen LogP contribution is 2.24. The van der Waals surface area contributed by atoms with Crippen molar-refractivity contribution in [1.82, 2.24) is 14.8 Å². The molecule has 1 saturated heterocycles. The molecule has 0 aromatic carbocycles. The summed E-state index contributed by atoms with van der Waals surface area (Å²) in [4.78, 5) is 14.3. The van der Waals surface area contributed by atoms with Crippen molar-refractivity contribution in [3.05, 3.63) is 24.0 Å². The van der Waals surface area contributed by atoms with E-state index in [4.69, 9.17) is 4.74 Å². The number of amides is 1. The molecule has 0 saturated carbocycles. The minimum Gasteiger partial charge on any atom is -0.376 e. The summed E-state index contributed by atoms with van der Waals surface area (Å²) in [5.74, 6) is 0.104. The average Bonchev–Trinajstić information content (AvgIpc) is 3.10. The van der Waals surface area contributed by atoms with E-state index in [2.05, 4.69) is 40.0 Å². The molecule has 2 atom stereocenters. The van der Waals surface area contributed by atoms with E-state index < -0.39 is 0 Å². The lowest BCUT2D eigenvalue weighted by Crippen LogP contribution is -2.44. The summed E-state index contributed by atoms with van der Waals surface area (Å²) in [7, 11) is 0. The van der Waals surface area contributed by atoms with E-state index in [0.717, 1.165) is 32.5 Å². The molecule has 20 heavy (non-hydrogen) atoms. The standard InChI is InChI=1S/C15H23N3O2/c1-12-14-5-2-6-17(14)7-8-18(12)11-15(19)16-10-13-4-3-9-20-13/h2,5-6,12-13H,3-4,7-11H2,1H3,(H,16,19)/t12-,13+/m1/s1. The molecule has 0 unspecified atom stereocenters. The third-order valence-corrected chi connectivity index (χ3v) is 4.37. The van der Waals surface area contributed by atoms with Crippen LogP contribution in [-0.2, 0) is 16.1 Å². The molecule has 0 aliphatic carbocycles. The second-order valence-electron chi connectivity index (χ2n) is 5.71. The summed E-state index contributed by atoms with van der Waals surface area (Å²) in [6.07, 6.45) is 4.50. The third-order valence-electron chi connectivity index (χ3n) is 4.37. The Balaban J connectivity index is 1.49. The van der Waals surface area contributed by atoms with E-state index in [1.165, 1.54) is 5.69 Å². The molecule has 0 radical (unpaired) electrons. The normalized spacial score (nSPS) is 26.4. The quantitative estimate of drug-likeness (QED) is 0.898. The number of aromatic nitrogens is 1. The first-order chi connectivity index (χ1) is 9.74. The molecular formula is C15H23N3O2. The Hall–Kier alpha value is -1.33. The molecule has 0 spiro atoms. The molecular weight excluding hydrogens is 254 g/mol. The van der Waals surface area contributed by atoms with Crippen LogP contribution in [-0.4, -0.2) is 47.7 Å². The van der Waals surface area contributed by atoms with E-state index >= 15 is 0 Å². The van der Waals surface area contributed by atoms with Crippen molar-refractivity contribution in [3.63, 3.8) is 0 Å². The van der Waals surface area contributed by atoms with Crippen molar-refractivity contribution in [1.29, 1.82) is 0 Å². The maximum atomic E-state index is 12.0. The average molecular weight is 277 g/mol. The van der Waals surface area contributed by atoms with Crippen molar-refractivity contribution < 1.29 is 9.53 Å². The van der Waals surface area contributed by atoms with Crippen molar-refractivity contribution >= 4 is 5.91 Å². The zero-order valence-corrected chi connectivity index (χ0v) is 12.0. The molecule has 0 bridgehead atoms. The van der Waals surface area contributed by atoms with Gasteiger partial charge in [0.05, 0.1) is 12.6 Å². The van der Waals surface area contributed by atoms with Gasteiger partial charge in [-0.25, -0.2) is 0 Å². The lowest BCUT2D eigenvalue weighted by molar-refractivity contribution is -0.123. The first kappa shape index (κ1) is 13.6. The molecule has 1 aromatic heterocycles. The fourth-order valence-corrected chi connectivity index (χ4v) is 3.12. The van der Waals surface area contributed by atoms with Crippen LogP contribution >= 0.6 is 0 Å². The summed E-state index contributed by atoms with van der Waals surface area (Å²) >= 11 is 0. The number of nitrogens with zero attached hydrogens (tertiary/aromatic N) is 2. The highest BCUT2D eigenvalue weighted by molar-refractivity contribution is 5.78. The summed E-state index contributed by atoms with van der Waals surface area (Å²) in [5, 5.41) is 3.00. The molecule has 1 amide bonds. The van der Waals surface area contributed by atoms with Crippen LogP contribution in [0.1, 0.15) is 31.5 Å². The van der Waals surface area contributed by atoms with E-state index in [9.17, 15) is 4.79 Å². The Morgan fingerprint density at radius 1 is 1.50 bits per heavy atom. The third kappa shape index (κ3) is 2.88. The van der Waals surface area contributed by atoms with Crippen LogP contribution in [0.2, 0.25) is 0 Å². The Bertz CT molecular complexity index is 465. The molecule has 3 heterocycles. The zero-order chi connectivity index (χ0) is 13.9. The van der Waals surface area contributed by atoms with Crippen molar-refractivity contribution in [3.8, 4) is 0 Å². The lowest BCUT2D eigenvalue weighted by Gasteiger charge is -2.34. The van der Waals surface area contributed by atoms with Gasteiger partial charge in [0, 0.05) is 44.2 Å². The second-order valence-corrected chi connectivity index (χ2v) is 5.71. The monoisotopic (exact) mass is 277 g/mol. The molecule has 5 nitrogen and oxygen atoms in total. The van der Waals surface area contributed by atoms with Gasteiger partial charge < -0.3 is 14.6 Å². The first-order valence-corrected chi connectivity index (χ1v) is 7.51. The Morgan fingerprint density at radius 3 is 3.20 bits per heavy atom. The van der Waals surface area contributed by atoms with E-state index in [1.54, 1.807) is 0 Å². The maximum absolute atomic E-state index is 12.0. The molecule has 5 heteroatoms. The predicted molar refractivity (Wildman–Crippen MR) is 76.4 cm³/mol. The van der Waals surface area contributed by atoms with Gasteiger partial charge in [-0.2, -0.15) is 0 Å². The van der Waals surface area contributed by atoms with Crippen LogP contribution in [0.5, 0.6) is 0 Å². The van der Waals surface area contributed by atoms with Gasteiger partial charge in [0.15, 0.2) is 0 Å². The number of hydrogen-bond acceptors (Lipinski definition) is 3. The number of nitrogens with one attached hydrogen (secondary N) is 1. The summed E-state index contributed by atoms with van der Waals surface area (Å²) < 4.78 is 7.79. The molecule has 2 aliphatic rings. The van der Waals surface area contributed by atoms with Gasteiger partial charge in [0.25, 0.3) is 0 Å². The summed E-state index contributed by atoms with van der Waals surface area (Å²) in [5.41, 5.74) is 1.29. The number of hydrogen-bond donors (Lipinski definition) is 1. The van der Waals surface area contributed by atoms with Crippen LogP contribution in [0.15, 0.2) is 18.3 Å². The van der Waals surface area contributed by atoms with Gasteiger partial charge in [0.2, 0.25) is 5.91 Å². The van der Waals surface area contributed by atoms with Gasteiger partial charge in [0.1, 0.15) is 0 Å². The SMILES string of the molecule is C[C@@H]1c2cccn2CCN1CC(=O)NC[C@@H]1CCCO1. The maximum Gasteiger partial charge on any atom is 0.234 e. The van der Waals surface area contributed by atoms with Crippen molar-refractivity contribution in [2.24, 2.45) is 0 Å². The minimum atomic E-state index is 0.104. The predicted octanol–water partition coefficient (Wildman–Crippen LogP) is 1.16. The molecule has 1 N–H and O–H groups in total. The molecule has 1 fully saturated rings. The van der Waals surface area contributed by atoms with Crippen LogP contribution in [0, 0.1) is 0 Å². The van der Waals surface area contributed by atoms with Crippen LogP contribution < -0.4 is 5.32 Å². The molecule has 3 rings (SSSR count). The fourth-order valence-electron chi connectivity index (χ4n) is 3.12. The highest BCUT2D eigenvalue weighted by Gasteiger charge is 2.25. The fraction of sp³-hybridized carbons (Fsp3) is 0.667. The van der Waals surface area contributed by atoms with Gasteiger partial charge in [-0.1, -0.05) is 0 Å². The van der Waals surface area contributed by atoms with Gasteiger partial charge in [-0.15, -0.1) is 0 Å². The molecule has 110 valence electrons. The Labute approximate surface area is 119 Å². The van der Waals surface area contributed by atoms with E-state index in [0.29, 0.717) is 19.1 Å². The summed E-state index contributed by atoms with van der Waals surface area (Å²) in [6.45, 7) is 6.01. The first-order valence-electron chi connectivity index (χ1n) is 7.51. The van der Waals surface area contributed by atoms with Crippen LogP contribution in [0.4, 0.5) is 0 Å². The zero-order valence-electron chi connectivity index (χ0n) is 12.0. The topological polar surface area (TPSA) is 46.5 Å². The van der Waals surface area contributed by atoms with Gasteiger partial charge in [-0.05, 0) is 31.9 Å². The van der Waals surface area contributed by atoms with Gasteiger partial charge >= 0.3 is 0 Å². The molecule has 2 aliphatic heterocycles. The molecule has 1 aromatic rings. The van der Waals surface area contributed by atoms with Crippen LogP contribution in [0.3, 0.4) is 0 Å². The number of carbonyl (C=O) groups is 1. The largest absolute Gasteiger partial charge is 0.376 e. The van der Waals surface area contributed by atoms with Crippen molar-refractivity contribution in [2.45, 2.75) is 38.5 Å². The second kappa shape index (κ2) is 5.97. The van der Waals surface area contributed by atoms with Gasteiger partial charge in [-0.3, -0.25) is 9.69 Å². The number of carbonyl (C=O) groups excluding carboxylic acids is 1. The van der Waals surface area contributed by atoms with E-state index in [1.807, 2.05) is 0 Å². The Kier molecular flexibility index (Phi) is 4.08. The number of ether oxygens (including phenoxy) is 1.